The predicted octanol–water partition coefficient (Wildman–Crippen LogP) is 5.63. The summed E-state index contributed by atoms with van der Waals surface area (Å²) in [5.41, 5.74) is 1.40. The van der Waals surface area contributed by atoms with Gasteiger partial charge < -0.3 is 14.4 Å². The number of hydrogen-bond acceptors (Lipinski definition) is 4. The lowest BCUT2D eigenvalue weighted by Crippen LogP contribution is -2.24. The number of pyridine rings is 1. The van der Waals surface area contributed by atoms with Crippen LogP contribution in [0.25, 0.3) is 0 Å². The molecule has 0 fully saturated rings. The Morgan fingerprint density at radius 1 is 0.833 bits per heavy atom. The second-order valence-electron chi connectivity index (χ2n) is 6.91. The van der Waals surface area contributed by atoms with Crippen molar-refractivity contribution in [2.24, 2.45) is 0 Å². The van der Waals surface area contributed by atoms with Crippen LogP contribution in [0.1, 0.15) is 22.3 Å². The van der Waals surface area contributed by atoms with Crippen LogP contribution in [0.4, 0.5) is 19.0 Å². The van der Waals surface area contributed by atoms with E-state index in [0.29, 0.717) is 18.9 Å². The van der Waals surface area contributed by atoms with Crippen LogP contribution in [0.2, 0.25) is 0 Å². The third-order valence-electron chi connectivity index (χ3n) is 4.79. The van der Waals surface area contributed by atoms with Crippen LogP contribution >= 0.6 is 0 Å². The first-order valence-electron chi connectivity index (χ1n) is 9.35. The minimum Gasteiger partial charge on any atom is -0.497 e. The molecule has 2 aromatic carbocycles. The van der Waals surface area contributed by atoms with E-state index >= 15 is 0 Å². The molecule has 7 heteroatoms. The van der Waals surface area contributed by atoms with Crippen molar-refractivity contribution in [2.45, 2.75) is 26.2 Å². The smallest absolute Gasteiger partial charge is 0.418 e. The summed E-state index contributed by atoms with van der Waals surface area (Å²) in [5, 5.41) is 0. The molecule has 0 aliphatic carbocycles. The number of ether oxygens (including phenoxy) is 2. The molecule has 0 N–H and O–H groups in total. The summed E-state index contributed by atoms with van der Waals surface area (Å²) in [5.74, 6) is 1.96. The Balaban J connectivity index is 1.92. The van der Waals surface area contributed by atoms with Crippen LogP contribution in [0.5, 0.6) is 11.5 Å². The first kappa shape index (κ1) is 21.5. The van der Waals surface area contributed by atoms with Crippen LogP contribution < -0.4 is 14.4 Å². The van der Waals surface area contributed by atoms with E-state index in [9.17, 15) is 13.2 Å². The molecule has 0 saturated heterocycles. The number of anilines is 1. The summed E-state index contributed by atoms with van der Waals surface area (Å²) in [6.07, 6.45) is -3.52. The number of alkyl halides is 3. The number of nitrogens with zero attached hydrogens (tertiary/aromatic N) is 2. The maximum atomic E-state index is 13.1. The number of halogens is 3. The average Bonchev–Trinajstić information content (AvgIpc) is 2.73. The Kier molecular flexibility index (Phi) is 6.50. The lowest BCUT2D eigenvalue weighted by Gasteiger charge is -2.25. The molecule has 0 bridgehead atoms. The van der Waals surface area contributed by atoms with Crippen LogP contribution in [-0.2, 0) is 19.3 Å². The van der Waals surface area contributed by atoms with Gasteiger partial charge in [-0.3, -0.25) is 0 Å². The molecule has 0 saturated carbocycles. The van der Waals surface area contributed by atoms with Crippen molar-refractivity contribution < 1.29 is 22.6 Å². The van der Waals surface area contributed by atoms with Crippen molar-refractivity contribution in [3.05, 3.63) is 83.0 Å². The summed E-state index contributed by atoms with van der Waals surface area (Å²) in [6, 6.07) is 16.6. The van der Waals surface area contributed by atoms with E-state index in [2.05, 4.69) is 4.98 Å². The highest BCUT2D eigenvalue weighted by atomic mass is 19.4. The average molecular weight is 416 g/mol. The Morgan fingerprint density at radius 3 is 1.67 bits per heavy atom. The summed E-state index contributed by atoms with van der Waals surface area (Å²) in [6.45, 7) is 2.41. The molecule has 0 aliphatic heterocycles. The van der Waals surface area contributed by atoms with Crippen LogP contribution in [-0.4, -0.2) is 19.2 Å². The van der Waals surface area contributed by atoms with Crippen molar-refractivity contribution in [3.8, 4) is 11.5 Å². The van der Waals surface area contributed by atoms with Gasteiger partial charge in [0.05, 0.1) is 19.8 Å². The van der Waals surface area contributed by atoms with Crippen LogP contribution in [0.3, 0.4) is 0 Å². The zero-order chi connectivity index (χ0) is 21.7. The van der Waals surface area contributed by atoms with Gasteiger partial charge in [-0.15, -0.1) is 0 Å². The second-order valence-corrected chi connectivity index (χ2v) is 6.91. The molecule has 0 aliphatic rings. The highest BCUT2D eigenvalue weighted by Crippen LogP contribution is 2.33. The van der Waals surface area contributed by atoms with E-state index in [0.717, 1.165) is 28.8 Å². The minimum absolute atomic E-state index is 0.141. The number of hydrogen-bond donors (Lipinski definition) is 0. The van der Waals surface area contributed by atoms with Gasteiger partial charge in [0.1, 0.15) is 17.3 Å². The van der Waals surface area contributed by atoms with Gasteiger partial charge in [0.25, 0.3) is 0 Å². The maximum absolute atomic E-state index is 13.1. The number of aromatic nitrogens is 1. The van der Waals surface area contributed by atoms with Crippen molar-refractivity contribution in [1.29, 1.82) is 0 Å². The predicted molar refractivity (Wildman–Crippen MR) is 110 cm³/mol. The number of methoxy groups -OCH3 is 2. The van der Waals surface area contributed by atoms with Crippen LogP contribution in [0, 0.1) is 6.92 Å². The fourth-order valence-electron chi connectivity index (χ4n) is 3.13. The van der Waals surface area contributed by atoms with Crippen molar-refractivity contribution in [2.75, 3.05) is 19.1 Å². The molecule has 4 nitrogen and oxygen atoms in total. The molecule has 30 heavy (non-hydrogen) atoms. The maximum Gasteiger partial charge on any atom is 0.418 e. The minimum atomic E-state index is -4.42. The quantitative estimate of drug-likeness (QED) is 0.500. The van der Waals surface area contributed by atoms with Gasteiger partial charge in [-0.1, -0.05) is 24.3 Å². The molecule has 0 unspecified atom stereocenters. The summed E-state index contributed by atoms with van der Waals surface area (Å²) < 4.78 is 49.8. The Hall–Kier alpha value is -3.22. The third-order valence-corrected chi connectivity index (χ3v) is 4.79. The van der Waals surface area contributed by atoms with E-state index < -0.39 is 11.7 Å². The van der Waals surface area contributed by atoms with E-state index in [1.807, 2.05) is 53.4 Å². The number of rotatable bonds is 7. The molecule has 1 heterocycles. The zero-order valence-electron chi connectivity index (χ0n) is 17.0. The molecule has 158 valence electrons. The zero-order valence-corrected chi connectivity index (χ0v) is 17.0. The molecule has 0 spiro atoms. The van der Waals surface area contributed by atoms with Crippen LogP contribution in [0.15, 0.2) is 60.8 Å². The van der Waals surface area contributed by atoms with Gasteiger partial charge in [-0.2, -0.15) is 13.2 Å². The van der Waals surface area contributed by atoms with Gasteiger partial charge in [0.15, 0.2) is 0 Å². The molecule has 0 radical (unpaired) electrons. The van der Waals surface area contributed by atoms with E-state index in [4.69, 9.17) is 9.47 Å². The van der Waals surface area contributed by atoms with Gasteiger partial charge in [-0.25, -0.2) is 4.98 Å². The van der Waals surface area contributed by atoms with Gasteiger partial charge in [0, 0.05) is 19.3 Å². The number of aryl methyl sites for hydroxylation is 1. The highest BCUT2D eigenvalue weighted by Gasteiger charge is 2.33. The summed E-state index contributed by atoms with van der Waals surface area (Å²) >= 11 is 0. The molecule has 3 rings (SSSR count). The summed E-state index contributed by atoms with van der Waals surface area (Å²) in [4.78, 5) is 6.06. The Morgan fingerprint density at radius 2 is 1.30 bits per heavy atom. The summed E-state index contributed by atoms with van der Waals surface area (Å²) in [7, 11) is 3.19. The highest BCUT2D eigenvalue weighted by molar-refractivity contribution is 5.46. The monoisotopic (exact) mass is 416 g/mol. The van der Waals surface area contributed by atoms with E-state index in [1.54, 1.807) is 14.2 Å². The van der Waals surface area contributed by atoms with Gasteiger partial charge in [-0.05, 0) is 53.9 Å². The normalized spacial score (nSPS) is 11.3. The Labute approximate surface area is 173 Å². The standard InChI is InChI=1S/C23H23F3N2O2/c1-16-12-22(27-13-21(16)23(24,25)26)28(14-17-4-8-19(29-2)9-5-17)15-18-6-10-20(30-3)11-7-18/h4-13H,14-15H2,1-3H3. The lowest BCUT2D eigenvalue weighted by molar-refractivity contribution is -0.138. The Bertz CT molecular complexity index is 922. The largest absolute Gasteiger partial charge is 0.497 e. The molecule has 3 aromatic rings. The number of benzene rings is 2. The van der Waals surface area contributed by atoms with Gasteiger partial charge in [0.2, 0.25) is 0 Å². The van der Waals surface area contributed by atoms with E-state index in [-0.39, 0.29) is 5.56 Å². The van der Waals surface area contributed by atoms with Gasteiger partial charge >= 0.3 is 6.18 Å². The first-order chi connectivity index (χ1) is 14.3. The fourth-order valence-corrected chi connectivity index (χ4v) is 3.13. The second kappa shape index (κ2) is 9.07. The fraction of sp³-hybridized carbons (Fsp3) is 0.261. The van der Waals surface area contributed by atoms with E-state index in [1.165, 1.54) is 13.0 Å². The lowest BCUT2D eigenvalue weighted by atomic mass is 10.1. The molecule has 0 atom stereocenters. The third kappa shape index (κ3) is 5.23. The molecule has 1 aromatic heterocycles. The molecule has 0 amide bonds. The molecular formula is C23H23F3N2O2. The van der Waals surface area contributed by atoms with Crippen molar-refractivity contribution in [1.82, 2.24) is 4.98 Å². The molecular weight excluding hydrogens is 393 g/mol. The van der Waals surface area contributed by atoms with Crippen molar-refractivity contribution >= 4 is 5.82 Å². The van der Waals surface area contributed by atoms with Crippen molar-refractivity contribution in [3.63, 3.8) is 0 Å². The first-order valence-corrected chi connectivity index (χ1v) is 9.35. The SMILES string of the molecule is COc1ccc(CN(Cc2ccc(OC)cc2)c2cc(C)c(C(F)(F)F)cn2)cc1. The topological polar surface area (TPSA) is 34.6 Å².